The lowest BCUT2D eigenvalue weighted by atomic mass is 10.1. The van der Waals surface area contributed by atoms with Crippen LogP contribution >= 0.6 is 0 Å². The van der Waals surface area contributed by atoms with E-state index in [2.05, 4.69) is 11.8 Å². The summed E-state index contributed by atoms with van der Waals surface area (Å²) >= 11 is 0. The van der Waals surface area contributed by atoms with Gasteiger partial charge in [0.05, 0.1) is 6.61 Å². The quantitative estimate of drug-likeness (QED) is 0.491. The van der Waals surface area contributed by atoms with Crippen molar-refractivity contribution in [2.75, 3.05) is 20.0 Å². The Hall–Kier alpha value is -1.50. The van der Waals surface area contributed by atoms with Gasteiger partial charge in [-0.2, -0.15) is 0 Å². The van der Waals surface area contributed by atoms with E-state index in [9.17, 15) is 0 Å². The van der Waals surface area contributed by atoms with Crippen LogP contribution in [-0.4, -0.2) is 25.1 Å². The van der Waals surface area contributed by atoms with E-state index in [4.69, 9.17) is 14.6 Å². The number of rotatable bonds is 5. The zero-order chi connectivity index (χ0) is 12.8. The van der Waals surface area contributed by atoms with Gasteiger partial charge in [0.25, 0.3) is 0 Å². The molecule has 1 saturated carbocycles. The number of aryl methyl sites for hydroxylation is 1. The molecule has 1 N–H and O–H groups in total. The largest absolute Gasteiger partial charge is 0.467 e. The van der Waals surface area contributed by atoms with Crippen LogP contribution in [0.3, 0.4) is 0 Å². The van der Waals surface area contributed by atoms with E-state index in [0.29, 0.717) is 6.79 Å². The highest BCUT2D eigenvalue weighted by Crippen LogP contribution is 2.28. The fraction of sp³-hybridized carbons (Fsp3) is 0.467. The molecule has 3 nitrogen and oxygen atoms in total. The Bertz CT molecular complexity index is 453. The summed E-state index contributed by atoms with van der Waals surface area (Å²) in [5.74, 6) is 7.06. The van der Waals surface area contributed by atoms with Crippen LogP contribution in [0.5, 0.6) is 5.75 Å². The molecule has 3 heteroatoms. The Morgan fingerprint density at radius 1 is 1.39 bits per heavy atom. The van der Waals surface area contributed by atoms with Crippen molar-refractivity contribution in [2.24, 2.45) is 5.92 Å². The maximum Gasteiger partial charge on any atom is 0.189 e. The molecule has 1 fully saturated rings. The maximum atomic E-state index is 8.63. The van der Waals surface area contributed by atoms with Gasteiger partial charge in [-0.3, -0.25) is 0 Å². The molecule has 0 radical (unpaired) electrons. The molecule has 0 saturated heterocycles. The Kier molecular flexibility index (Phi) is 4.63. The van der Waals surface area contributed by atoms with E-state index in [1.807, 2.05) is 25.1 Å². The highest BCUT2D eigenvalue weighted by atomic mass is 16.7. The molecular formula is C15H18O3. The first kappa shape index (κ1) is 12.9. The van der Waals surface area contributed by atoms with Crippen molar-refractivity contribution in [3.63, 3.8) is 0 Å². The average Bonchev–Trinajstić information content (AvgIpc) is 3.18. The van der Waals surface area contributed by atoms with Gasteiger partial charge in [-0.1, -0.05) is 11.8 Å². The summed E-state index contributed by atoms with van der Waals surface area (Å²) in [4.78, 5) is 0. The van der Waals surface area contributed by atoms with Crippen molar-refractivity contribution in [3.05, 3.63) is 29.3 Å². The highest BCUT2D eigenvalue weighted by molar-refractivity contribution is 5.43. The minimum atomic E-state index is -0.119. The topological polar surface area (TPSA) is 38.7 Å². The SMILES string of the molecule is Cc1cc(C#CCO)ccc1OCOCC1CC1. The van der Waals surface area contributed by atoms with Gasteiger partial charge in [0.1, 0.15) is 12.4 Å². The number of aliphatic hydroxyl groups excluding tert-OH is 1. The van der Waals surface area contributed by atoms with Gasteiger partial charge < -0.3 is 14.6 Å². The molecular weight excluding hydrogens is 228 g/mol. The van der Waals surface area contributed by atoms with E-state index in [1.165, 1.54) is 12.8 Å². The molecule has 96 valence electrons. The summed E-state index contributed by atoms with van der Waals surface area (Å²) < 4.78 is 11.0. The first-order valence-corrected chi connectivity index (χ1v) is 6.20. The smallest absolute Gasteiger partial charge is 0.189 e. The first-order chi connectivity index (χ1) is 8.79. The van der Waals surface area contributed by atoms with E-state index >= 15 is 0 Å². The molecule has 18 heavy (non-hydrogen) atoms. The Morgan fingerprint density at radius 2 is 2.22 bits per heavy atom. The Labute approximate surface area is 108 Å². The van der Waals surface area contributed by atoms with E-state index in [-0.39, 0.29) is 6.61 Å². The molecule has 0 heterocycles. The standard InChI is InChI=1S/C15H18O3/c1-12-9-13(3-2-8-16)6-7-15(12)18-11-17-10-14-4-5-14/h6-7,9,14,16H,4-5,8,10-11H2,1H3. The molecule has 2 rings (SSSR count). The minimum absolute atomic E-state index is 0.119. The maximum absolute atomic E-state index is 8.63. The Morgan fingerprint density at radius 3 is 2.89 bits per heavy atom. The number of hydrogen-bond acceptors (Lipinski definition) is 3. The van der Waals surface area contributed by atoms with Crippen molar-refractivity contribution >= 4 is 0 Å². The van der Waals surface area contributed by atoms with Crippen LogP contribution in [0.15, 0.2) is 18.2 Å². The predicted molar refractivity (Wildman–Crippen MR) is 69.3 cm³/mol. The van der Waals surface area contributed by atoms with Crippen LogP contribution in [0.1, 0.15) is 24.0 Å². The number of aliphatic hydroxyl groups is 1. The summed E-state index contributed by atoms with van der Waals surface area (Å²) in [5.41, 5.74) is 1.91. The summed E-state index contributed by atoms with van der Waals surface area (Å²) in [6.07, 6.45) is 2.58. The Balaban J connectivity index is 1.83. The van der Waals surface area contributed by atoms with Crippen molar-refractivity contribution in [2.45, 2.75) is 19.8 Å². The van der Waals surface area contributed by atoms with Crippen molar-refractivity contribution in [1.82, 2.24) is 0 Å². The molecule has 1 aromatic carbocycles. The van der Waals surface area contributed by atoms with Crippen LogP contribution in [0.25, 0.3) is 0 Å². The van der Waals surface area contributed by atoms with Gasteiger partial charge in [-0.05, 0) is 49.4 Å². The van der Waals surface area contributed by atoms with Gasteiger partial charge in [-0.15, -0.1) is 0 Å². The fourth-order valence-electron chi connectivity index (χ4n) is 1.64. The van der Waals surface area contributed by atoms with E-state index < -0.39 is 0 Å². The third-order valence-electron chi connectivity index (χ3n) is 2.83. The van der Waals surface area contributed by atoms with Crippen LogP contribution in [-0.2, 0) is 4.74 Å². The monoisotopic (exact) mass is 246 g/mol. The lowest BCUT2D eigenvalue weighted by molar-refractivity contribution is 0.00961. The second kappa shape index (κ2) is 6.44. The number of hydrogen-bond donors (Lipinski definition) is 1. The molecule has 0 spiro atoms. The van der Waals surface area contributed by atoms with Crippen molar-refractivity contribution in [1.29, 1.82) is 0 Å². The minimum Gasteiger partial charge on any atom is -0.467 e. The lowest BCUT2D eigenvalue weighted by Gasteiger charge is -2.09. The molecule has 0 atom stereocenters. The molecule has 0 amide bonds. The van der Waals surface area contributed by atoms with Gasteiger partial charge >= 0.3 is 0 Å². The summed E-state index contributed by atoms with van der Waals surface area (Å²) in [7, 11) is 0. The zero-order valence-electron chi connectivity index (χ0n) is 10.6. The number of benzene rings is 1. The highest BCUT2D eigenvalue weighted by Gasteiger charge is 2.21. The van der Waals surface area contributed by atoms with Gasteiger partial charge in [0.15, 0.2) is 6.79 Å². The third kappa shape index (κ3) is 4.06. The molecule has 1 aliphatic rings. The van der Waals surface area contributed by atoms with Crippen molar-refractivity contribution < 1.29 is 14.6 Å². The van der Waals surface area contributed by atoms with Crippen LogP contribution in [0.2, 0.25) is 0 Å². The average molecular weight is 246 g/mol. The molecule has 0 aromatic heterocycles. The second-order valence-corrected chi connectivity index (χ2v) is 4.52. The fourth-order valence-corrected chi connectivity index (χ4v) is 1.64. The van der Waals surface area contributed by atoms with Gasteiger partial charge in [-0.25, -0.2) is 0 Å². The molecule has 1 aliphatic carbocycles. The summed E-state index contributed by atoms with van der Waals surface area (Å²) in [6.45, 7) is 2.96. The number of ether oxygens (including phenoxy) is 2. The molecule has 0 bridgehead atoms. The van der Waals surface area contributed by atoms with Crippen molar-refractivity contribution in [3.8, 4) is 17.6 Å². The zero-order valence-corrected chi connectivity index (χ0v) is 10.6. The summed E-state index contributed by atoms with van der Waals surface area (Å²) in [5, 5.41) is 8.63. The van der Waals surface area contributed by atoms with E-state index in [0.717, 1.165) is 29.4 Å². The third-order valence-corrected chi connectivity index (χ3v) is 2.83. The first-order valence-electron chi connectivity index (χ1n) is 6.20. The summed E-state index contributed by atoms with van der Waals surface area (Å²) in [6, 6.07) is 5.71. The second-order valence-electron chi connectivity index (χ2n) is 4.52. The normalized spacial score (nSPS) is 13.9. The van der Waals surface area contributed by atoms with Crippen LogP contribution < -0.4 is 4.74 Å². The van der Waals surface area contributed by atoms with E-state index in [1.54, 1.807) is 0 Å². The molecule has 0 aliphatic heterocycles. The predicted octanol–water partition coefficient (Wildman–Crippen LogP) is 2.10. The molecule has 0 unspecified atom stereocenters. The van der Waals surface area contributed by atoms with Gasteiger partial charge in [0.2, 0.25) is 0 Å². The van der Waals surface area contributed by atoms with Crippen LogP contribution in [0.4, 0.5) is 0 Å². The van der Waals surface area contributed by atoms with Gasteiger partial charge in [0, 0.05) is 5.56 Å². The van der Waals surface area contributed by atoms with Crippen LogP contribution in [0, 0.1) is 24.7 Å². The lowest BCUT2D eigenvalue weighted by Crippen LogP contribution is -2.05. The molecule has 1 aromatic rings.